The third kappa shape index (κ3) is 3.14. The maximum atomic E-state index is 11.9. The summed E-state index contributed by atoms with van der Waals surface area (Å²) in [5.74, 6) is 0.117. The number of hydrogen-bond donors (Lipinski definition) is 0. The Morgan fingerprint density at radius 3 is 2.94 bits per heavy atom. The summed E-state index contributed by atoms with van der Waals surface area (Å²) < 4.78 is 0. The van der Waals surface area contributed by atoms with Gasteiger partial charge in [0.25, 0.3) is 0 Å². The van der Waals surface area contributed by atoms with Crippen molar-refractivity contribution in [1.29, 1.82) is 0 Å². The van der Waals surface area contributed by atoms with Crippen LogP contribution >= 0.6 is 11.3 Å². The lowest BCUT2D eigenvalue weighted by Gasteiger charge is -2.16. The van der Waals surface area contributed by atoms with Crippen LogP contribution in [0.15, 0.2) is 42.0 Å². The molecular formula is C13H14N2OS. The molecule has 2 aromatic rings. The standard InChI is InChI=1S/C13H14N2OS/c1-15(11-4-2-8-14-10-11)13(16)7-6-12-5-3-9-17-12/h2-5,8-10H,6-7H2,1H3. The van der Waals surface area contributed by atoms with E-state index in [4.69, 9.17) is 0 Å². The summed E-state index contributed by atoms with van der Waals surface area (Å²) in [4.78, 5) is 18.8. The fourth-order valence-corrected chi connectivity index (χ4v) is 2.26. The van der Waals surface area contributed by atoms with Gasteiger partial charge in [0.1, 0.15) is 0 Å². The lowest BCUT2D eigenvalue weighted by molar-refractivity contribution is -0.118. The number of rotatable bonds is 4. The minimum atomic E-state index is 0.117. The molecule has 88 valence electrons. The Balaban J connectivity index is 1.92. The van der Waals surface area contributed by atoms with Gasteiger partial charge in [-0.2, -0.15) is 0 Å². The molecule has 2 aromatic heterocycles. The van der Waals surface area contributed by atoms with Gasteiger partial charge in [-0.1, -0.05) is 6.07 Å². The fraction of sp³-hybridized carbons (Fsp3) is 0.231. The molecule has 4 heteroatoms. The maximum absolute atomic E-state index is 11.9. The number of carbonyl (C=O) groups excluding carboxylic acids is 1. The van der Waals surface area contributed by atoms with E-state index in [0.29, 0.717) is 6.42 Å². The van der Waals surface area contributed by atoms with Gasteiger partial charge in [0.05, 0.1) is 11.9 Å². The van der Waals surface area contributed by atoms with Crippen LogP contribution < -0.4 is 4.90 Å². The van der Waals surface area contributed by atoms with E-state index in [-0.39, 0.29) is 5.91 Å². The zero-order chi connectivity index (χ0) is 12.1. The molecule has 0 radical (unpaired) electrons. The summed E-state index contributed by atoms with van der Waals surface area (Å²) in [6, 6.07) is 7.78. The molecule has 0 aliphatic rings. The van der Waals surface area contributed by atoms with Crippen molar-refractivity contribution in [3.63, 3.8) is 0 Å². The molecule has 0 unspecified atom stereocenters. The van der Waals surface area contributed by atoms with Crippen molar-refractivity contribution < 1.29 is 4.79 Å². The minimum Gasteiger partial charge on any atom is -0.314 e. The van der Waals surface area contributed by atoms with E-state index in [1.807, 2.05) is 23.6 Å². The van der Waals surface area contributed by atoms with Crippen LogP contribution in [-0.2, 0) is 11.2 Å². The summed E-state index contributed by atoms with van der Waals surface area (Å²) in [6.45, 7) is 0. The second-order valence-corrected chi connectivity index (χ2v) is 4.78. The van der Waals surface area contributed by atoms with Gasteiger partial charge in [-0.25, -0.2) is 0 Å². The number of aromatic nitrogens is 1. The topological polar surface area (TPSA) is 33.2 Å². The van der Waals surface area contributed by atoms with Gasteiger partial charge in [-0.3, -0.25) is 9.78 Å². The predicted octanol–water partition coefficient (Wildman–Crippen LogP) is 2.74. The van der Waals surface area contributed by atoms with Crippen LogP contribution in [0.5, 0.6) is 0 Å². The normalized spacial score (nSPS) is 10.2. The lowest BCUT2D eigenvalue weighted by atomic mass is 10.2. The summed E-state index contributed by atoms with van der Waals surface area (Å²) in [5, 5.41) is 2.03. The number of carbonyl (C=O) groups is 1. The average molecular weight is 246 g/mol. The third-order valence-electron chi connectivity index (χ3n) is 2.57. The van der Waals surface area contributed by atoms with Crippen molar-refractivity contribution in [3.8, 4) is 0 Å². The summed E-state index contributed by atoms with van der Waals surface area (Å²) in [7, 11) is 1.79. The fourth-order valence-electron chi connectivity index (χ4n) is 1.55. The van der Waals surface area contributed by atoms with E-state index in [1.54, 1.807) is 35.7 Å². The molecule has 0 aromatic carbocycles. The van der Waals surface area contributed by atoms with Crippen molar-refractivity contribution in [2.24, 2.45) is 0 Å². The largest absolute Gasteiger partial charge is 0.314 e. The molecular weight excluding hydrogens is 232 g/mol. The van der Waals surface area contributed by atoms with Crippen molar-refractivity contribution in [2.45, 2.75) is 12.8 Å². The number of aryl methyl sites for hydroxylation is 1. The number of amides is 1. The second-order valence-electron chi connectivity index (χ2n) is 3.74. The summed E-state index contributed by atoms with van der Waals surface area (Å²) in [6.07, 6.45) is 4.74. The smallest absolute Gasteiger partial charge is 0.227 e. The Morgan fingerprint density at radius 2 is 2.29 bits per heavy atom. The number of pyridine rings is 1. The lowest BCUT2D eigenvalue weighted by Crippen LogP contribution is -2.26. The van der Waals surface area contributed by atoms with Crippen LogP contribution in [-0.4, -0.2) is 17.9 Å². The molecule has 0 saturated heterocycles. The van der Waals surface area contributed by atoms with E-state index in [2.05, 4.69) is 11.1 Å². The Labute approximate surface area is 105 Å². The van der Waals surface area contributed by atoms with Crippen LogP contribution in [0.25, 0.3) is 0 Å². The highest BCUT2D eigenvalue weighted by Gasteiger charge is 2.10. The van der Waals surface area contributed by atoms with Crippen molar-refractivity contribution in [2.75, 3.05) is 11.9 Å². The van der Waals surface area contributed by atoms with E-state index in [0.717, 1.165) is 12.1 Å². The first-order valence-corrected chi connectivity index (χ1v) is 6.34. The molecule has 2 heterocycles. The molecule has 0 aliphatic carbocycles. The second kappa shape index (κ2) is 5.59. The van der Waals surface area contributed by atoms with Gasteiger partial charge in [0, 0.05) is 24.5 Å². The Kier molecular flexibility index (Phi) is 3.88. The highest BCUT2D eigenvalue weighted by molar-refractivity contribution is 7.09. The Morgan fingerprint density at radius 1 is 1.41 bits per heavy atom. The van der Waals surface area contributed by atoms with Crippen LogP contribution in [0, 0.1) is 0 Å². The molecule has 0 atom stereocenters. The van der Waals surface area contributed by atoms with E-state index >= 15 is 0 Å². The minimum absolute atomic E-state index is 0.117. The van der Waals surface area contributed by atoms with Crippen LogP contribution in [0.2, 0.25) is 0 Å². The first kappa shape index (κ1) is 11.8. The number of thiophene rings is 1. The quantitative estimate of drug-likeness (QED) is 0.831. The molecule has 3 nitrogen and oxygen atoms in total. The first-order valence-electron chi connectivity index (χ1n) is 5.46. The maximum Gasteiger partial charge on any atom is 0.227 e. The van der Waals surface area contributed by atoms with Gasteiger partial charge < -0.3 is 4.90 Å². The van der Waals surface area contributed by atoms with Crippen LogP contribution in [0.1, 0.15) is 11.3 Å². The molecule has 0 spiro atoms. The third-order valence-corrected chi connectivity index (χ3v) is 3.51. The molecule has 0 bridgehead atoms. The number of anilines is 1. The zero-order valence-corrected chi connectivity index (χ0v) is 10.5. The highest BCUT2D eigenvalue weighted by atomic mass is 32.1. The van der Waals surface area contributed by atoms with E-state index in [1.165, 1.54) is 4.88 Å². The van der Waals surface area contributed by atoms with Gasteiger partial charge >= 0.3 is 0 Å². The summed E-state index contributed by atoms with van der Waals surface area (Å²) >= 11 is 1.69. The number of hydrogen-bond acceptors (Lipinski definition) is 3. The van der Waals surface area contributed by atoms with E-state index in [9.17, 15) is 4.79 Å². The SMILES string of the molecule is CN(C(=O)CCc1cccs1)c1cccnc1. The van der Waals surface area contributed by atoms with Gasteiger partial charge in [-0.05, 0) is 30.0 Å². The molecule has 0 N–H and O–H groups in total. The van der Waals surface area contributed by atoms with Gasteiger partial charge in [0.15, 0.2) is 0 Å². The highest BCUT2D eigenvalue weighted by Crippen LogP contribution is 2.14. The Bertz CT molecular complexity index is 467. The Hall–Kier alpha value is -1.68. The van der Waals surface area contributed by atoms with Gasteiger partial charge in [-0.15, -0.1) is 11.3 Å². The first-order chi connectivity index (χ1) is 8.27. The van der Waals surface area contributed by atoms with Crippen LogP contribution in [0.3, 0.4) is 0 Å². The predicted molar refractivity (Wildman–Crippen MR) is 70.3 cm³/mol. The average Bonchev–Trinajstić information content (AvgIpc) is 2.89. The van der Waals surface area contributed by atoms with Crippen molar-refractivity contribution in [3.05, 3.63) is 46.9 Å². The molecule has 2 rings (SSSR count). The zero-order valence-electron chi connectivity index (χ0n) is 9.67. The molecule has 0 fully saturated rings. The molecule has 17 heavy (non-hydrogen) atoms. The van der Waals surface area contributed by atoms with Crippen molar-refractivity contribution >= 4 is 22.9 Å². The molecule has 0 saturated carbocycles. The summed E-state index contributed by atoms with van der Waals surface area (Å²) in [5.41, 5.74) is 0.837. The van der Waals surface area contributed by atoms with Crippen molar-refractivity contribution in [1.82, 2.24) is 4.98 Å². The molecule has 1 amide bonds. The molecule has 0 aliphatic heterocycles. The van der Waals surface area contributed by atoms with E-state index < -0.39 is 0 Å². The monoisotopic (exact) mass is 246 g/mol. The number of nitrogens with zero attached hydrogens (tertiary/aromatic N) is 2. The van der Waals surface area contributed by atoms with Gasteiger partial charge in [0.2, 0.25) is 5.91 Å². The van der Waals surface area contributed by atoms with Crippen LogP contribution in [0.4, 0.5) is 5.69 Å².